The molecule has 4 rings (SSSR count). The Labute approximate surface area is 206 Å². The molecule has 0 fully saturated rings. The summed E-state index contributed by atoms with van der Waals surface area (Å²) >= 11 is 0. The minimum Gasteiger partial charge on any atom is -0.485 e. The van der Waals surface area contributed by atoms with Crippen molar-refractivity contribution in [1.29, 1.82) is 0 Å². The molecule has 0 radical (unpaired) electrons. The zero-order valence-electron chi connectivity index (χ0n) is 19.2. The molecule has 0 aliphatic carbocycles. The first kappa shape index (κ1) is 25.3. The van der Waals surface area contributed by atoms with Crippen LogP contribution in [0.2, 0.25) is 0 Å². The van der Waals surface area contributed by atoms with Gasteiger partial charge in [-0.15, -0.1) is 0 Å². The summed E-state index contributed by atoms with van der Waals surface area (Å²) in [6, 6.07) is 19.2. The largest absolute Gasteiger partial charge is 0.485 e. The van der Waals surface area contributed by atoms with E-state index in [1.165, 1.54) is 12.1 Å². The number of ether oxygens (including phenoxy) is 1. The Kier molecular flexibility index (Phi) is 6.57. The molecule has 1 atom stereocenters. The molecular formula is C26H23F3N2O4S. The van der Waals surface area contributed by atoms with Crippen molar-refractivity contribution >= 4 is 21.4 Å². The van der Waals surface area contributed by atoms with Gasteiger partial charge in [-0.25, -0.2) is 8.42 Å². The van der Waals surface area contributed by atoms with Crippen LogP contribution < -0.4 is 5.73 Å². The molecule has 0 saturated heterocycles. The summed E-state index contributed by atoms with van der Waals surface area (Å²) in [5, 5.41) is 11.8. The number of rotatable bonds is 6. The predicted molar refractivity (Wildman–Crippen MR) is 129 cm³/mol. The molecule has 3 aromatic rings. The molecule has 3 N–H and O–H groups in total. The highest BCUT2D eigenvalue weighted by molar-refractivity contribution is 7.95. The third kappa shape index (κ3) is 5.08. The van der Waals surface area contributed by atoms with Gasteiger partial charge in [0.25, 0.3) is 0 Å². The summed E-state index contributed by atoms with van der Waals surface area (Å²) in [5.74, 6) is -0.0782. The van der Waals surface area contributed by atoms with Crippen LogP contribution in [0.1, 0.15) is 35.6 Å². The molecule has 1 unspecified atom stereocenters. The van der Waals surface area contributed by atoms with Crippen LogP contribution in [0, 0.1) is 0 Å². The summed E-state index contributed by atoms with van der Waals surface area (Å²) in [5.41, 5.74) is 5.30. The fourth-order valence-electron chi connectivity index (χ4n) is 4.15. The van der Waals surface area contributed by atoms with E-state index in [0.29, 0.717) is 23.6 Å². The minimum atomic E-state index is -4.69. The number of nitrogens with two attached hydrogens (primary N) is 1. The van der Waals surface area contributed by atoms with E-state index in [-0.39, 0.29) is 22.9 Å². The first-order chi connectivity index (χ1) is 16.9. The standard InChI is InChI=1S/C26H23F3N2O4S/c1-25(15-17-6-3-2-4-7-17)16-22(23(35-25)18-10-12-19(13-11-18)24(30)31-32)36(33,34)21-9-5-8-20(14-21)26(27,28)29/h2-14,32H,15-16H2,1H3,(H2,30,31). The van der Waals surface area contributed by atoms with E-state index in [9.17, 15) is 21.6 Å². The van der Waals surface area contributed by atoms with Crippen LogP contribution in [-0.2, 0) is 27.2 Å². The molecule has 10 heteroatoms. The van der Waals surface area contributed by atoms with E-state index in [2.05, 4.69) is 5.16 Å². The molecule has 0 bridgehead atoms. The Bertz CT molecular complexity index is 1430. The number of hydrogen-bond donors (Lipinski definition) is 2. The van der Waals surface area contributed by atoms with Gasteiger partial charge in [0.2, 0.25) is 9.84 Å². The molecule has 0 spiro atoms. The van der Waals surface area contributed by atoms with Gasteiger partial charge in [-0.1, -0.05) is 65.8 Å². The van der Waals surface area contributed by atoms with E-state index in [0.717, 1.165) is 23.8 Å². The number of hydrogen-bond acceptors (Lipinski definition) is 5. The van der Waals surface area contributed by atoms with Crippen LogP contribution in [-0.4, -0.2) is 25.1 Å². The monoisotopic (exact) mass is 516 g/mol. The summed E-state index contributed by atoms with van der Waals surface area (Å²) in [7, 11) is -4.35. The second kappa shape index (κ2) is 9.34. The number of benzene rings is 3. The van der Waals surface area contributed by atoms with Gasteiger partial charge in [0.15, 0.2) is 5.84 Å². The SMILES string of the molecule is CC1(Cc2ccccc2)CC(S(=O)(=O)c2cccc(C(F)(F)F)c2)=C(c2ccc(C(N)=NO)cc2)O1. The van der Waals surface area contributed by atoms with Gasteiger partial charge in [0, 0.05) is 24.0 Å². The number of nitrogens with zero attached hydrogens (tertiary/aromatic N) is 1. The number of amidine groups is 1. The summed E-state index contributed by atoms with van der Waals surface area (Å²) in [6.45, 7) is 1.76. The van der Waals surface area contributed by atoms with Gasteiger partial charge in [0.1, 0.15) is 11.4 Å². The van der Waals surface area contributed by atoms with E-state index in [1.54, 1.807) is 19.1 Å². The van der Waals surface area contributed by atoms with Crippen molar-refractivity contribution in [2.45, 2.75) is 36.4 Å². The topological polar surface area (TPSA) is 102 Å². The third-order valence-electron chi connectivity index (χ3n) is 5.90. The van der Waals surface area contributed by atoms with E-state index >= 15 is 0 Å². The molecular weight excluding hydrogens is 493 g/mol. The van der Waals surface area contributed by atoms with Crippen molar-refractivity contribution in [3.8, 4) is 0 Å². The zero-order chi connectivity index (χ0) is 26.1. The lowest BCUT2D eigenvalue weighted by atomic mass is 9.94. The van der Waals surface area contributed by atoms with Crippen LogP contribution in [0.15, 0.2) is 93.8 Å². The first-order valence-corrected chi connectivity index (χ1v) is 12.4. The lowest BCUT2D eigenvalue weighted by Gasteiger charge is -2.25. The molecule has 188 valence electrons. The van der Waals surface area contributed by atoms with E-state index in [4.69, 9.17) is 15.7 Å². The van der Waals surface area contributed by atoms with E-state index < -0.39 is 32.1 Å². The Hall–Kier alpha value is -3.79. The first-order valence-electron chi connectivity index (χ1n) is 10.9. The maximum Gasteiger partial charge on any atom is 0.416 e. The molecule has 0 saturated carbocycles. The number of sulfone groups is 1. The predicted octanol–water partition coefficient (Wildman–Crippen LogP) is 5.36. The highest BCUT2D eigenvalue weighted by atomic mass is 32.2. The van der Waals surface area contributed by atoms with Crippen LogP contribution >= 0.6 is 0 Å². The molecule has 6 nitrogen and oxygen atoms in total. The lowest BCUT2D eigenvalue weighted by molar-refractivity contribution is -0.137. The van der Waals surface area contributed by atoms with Crippen molar-refractivity contribution in [2.75, 3.05) is 0 Å². The van der Waals surface area contributed by atoms with Gasteiger partial charge in [-0.3, -0.25) is 0 Å². The van der Waals surface area contributed by atoms with Gasteiger partial charge in [-0.2, -0.15) is 13.2 Å². The van der Waals surface area contributed by atoms with Crippen molar-refractivity contribution < 1.29 is 31.5 Å². The normalized spacial score (nSPS) is 18.8. The molecule has 1 aliphatic heterocycles. The molecule has 3 aromatic carbocycles. The van der Waals surface area contributed by atoms with Crippen molar-refractivity contribution in [1.82, 2.24) is 0 Å². The Morgan fingerprint density at radius 1 is 1.06 bits per heavy atom. The summed E-state index contributed by atoms with van der Waals surface area (Å²) in [6.07, 6.45) is -4.36. The van der Waals surface area contributed by atoms with Crippen molar-refractivity contribution in [2.24, 2.45) is 10.9 Å². The van der Waals surface area contributed by atoms with Crippen molar-refractivity contribution in [3.05, 3.63) is 106 Å². The summed E-state index contributed by atoms with van der Waals surface area (Å²) in [4.78, 5) is -0.581. The highest BCUT2D eigenvalue weighted by Crippen LogP contribution is 2.45. The van der Waals surface area contributed by atoms with Gasteiger partial charge >= 0.3 is 6.18 Å². The van der Waals surface area contributed by atoms with Crippen LogP contribution in [0.25, 0.3) is 5.76 Å². The average molecular weight is 517 g/mol. The van der Waals surface area contributed by atoms with E-state index in [1.807, 2.05) is 30.3 Å². The zero-order valence-corrected chi connectivity index (χ0v) is 20.0. The summed E-state index contributed by atoms with van der Waals surface area (Å²) < 4.78 is 73.5. The fraction of sp³-hybridized carbons (Fsp3) is 0.192. The maximum absolute atomic E-state index is 13.7. The van der Waals surface area contributed by atoms with Gasteiger partial charge < -0.3 is 15.7 Å². The average Bonchev–Trinajstić information content (AvgIpc) is 3.21. The second-order valence-electron chi connectivity index (χ2n) is 8.74. The lowest BCUT2D eigenvalue weighted by Crippen LogP contribution is -2.27. The maximum atomic E-state index is 13.7. The Balaban J connectivity index is 1.81. The molecule has 36 heavy (non-hydrogen) atoms. The minimum absolute atomic E-state index is 0.0439. The number of oxime groups is 1. The van der Waals surface area contributed by atoms with Gasteiger partial charge in [0.05, 0.1) is 15.4 Å². The Morgan fingerprint density at radius 3 is 2.33 bits per heavy atom. The van der Waals surface area contributed by atoms with Crippen LogP contribution in [0.3, 0.4) is 0 Å². The fourth-order valence-corrected chi connectivity index (χ4v) is 5.88. The van der Waals surface area contributed by atoms with Crippen LogP contribution in [0.4, 0.5) is 13.2 Å². The highest BCUT2D eigenvalue weighted by Gasteiger charge is 2.43. The number of alkyl halides is 3. The van der Waals surface area contributed by atoms with Crippen LogP contribution in [0.5, 0.6) is 0 Å². The Morgan fingerprint density at radius 2 is 1.72 bits per heavy atom. The third-order valence-corrected chi connectivity index (χ3v) is 7.76. The molecule has 0 aromatic heterocycles. The number of halogens is 3. The second-order valence-corrected chi connectivity index (χ2v) is 10.7. The van der Waals surface area contributed by atoms with Crippen molar-refractivity contribution in [3.63, 3.8) is 0 Å². The molecule has 1 aliphatic rings. The smallest absolute Gasteiger partial charge is 0.416 e. The molecule has 1 heterocycles. The van der Waals surface area contributed by atoms with Gasteiger partial charge in [-0.05, 0) is 30.7 Å². The molecule has 0 amide bonds. The quantitative estimate of drug-likeness (QED) is 0.199.